The van der Waals surface area contributed by atoms with Gasteiger partial charge in [0.2, 0.25) is 0 Å². The zero-order chi connectivity index (χ0) is 16.4. The summed E-state index contributed by atoms with van der Waals surface area (Å²) in [6.45, 7) is 3.85. The third-order valence-electron chi connectivity index (χ3n) is 4.37. The van der Waals surface area contributed by atoms with E-state index in [-0.39, 0.29) is 11.6 Å². The van der Waals surface area contributed by atoms with Crippen molar-refractivity contribution in [2.45, 2.75) is 18.6 Å². The molecule has 1 aromatic heterocycles. The molecule has 1 atom stereocenters. The molecule has 2 fully saturated rings. The number of amides is 1. The summed E-state index contributed by atoms with van der Waals surface area (Å²) in [5.41, 5.74) is -1.30. The molecule has 5 nitrogen and oxygen atoms in total. The Balaban J connectivity index is 1.72. The van der Waals surface area contributed by atoms with Gasteiger partial charge in [0.15, 0.2) is 0 Å². The third kappa shape index (κ3) is 3.48. The number of carbonyl (C=O) groups excluding carboxylic acids is 1. The fourth-order valence-corrected chi connectivity index (χ4v) is 3.14. The van der Waals surface area contributed by atoms with E-state index in [0.29, 0.717) is 32.5 Å². The van der Waals surface area contributed by atoms with Crippen LogP contribution in [-0.4, -0.2) is 66.1 Å². The van der Waals surface area contributed by atoms with Crippen molar-refractivity contribution < 1.29 is 22.7 Å². The summed E-state index contributed by atoms with van der Waals surface area (Å²) in [7, 11) is 0. The molecule has 23 heavy (non-hydrogen) atoms. The highest BCUT2D eigenvalue weighted by atomic mass is 19.4. The minimum Gasteiger partial charge on any atom is -0.379 e. The lowest BCUT2D eigenvalue weighted by Gasteiger charge is -2.32. The van der Waals surface area contributed by atoms with E-state index in [1.165, 1.54) is 11.1 Å². The molecule has 0 radical (unpaired) electrons. The van der Waals surface area contributed by atoms with Gasteiger partial charge < -0.3 is 9.64 Å². The lowest BCUT2D eigenvalue weighted by molar-refractivity contribution is -0.138. The van der Waals surface area contributed by atoms with Crippen molar-refractivity contribution in [3.05, 3.63) is 29.6 Å². The van der Waals surface area contributed by atoms with Crippen LogP contribution in [0.1, 0.15) is 22.3 Å². The molecule has 2 aliphatic heterocycles. The second kappa shape index (κ2) is 6.45. The van der Waals surface area contributed by atoms with Crippen molar-refractivity contribution in [3.8, 4) is 0 Å². The number of halogens is 3. The molecule has 1 amide bonds. The first-order chi connectivity index (χ1) is 11.0. The highest BCUT2D eigenvalue weighted by Gasteiger charge is 2.38. The Kier molecular flexibility index (Phi) is 4.54. The van der Waals surface area contributed by atoms with Gasteiger partial charge in [0.25, 0.3) is 5.91 Å². The molecule has 0 bridgehead atoms. The second-order valence-corrected chi connectivity index (χ2v) is 5.76. The van der Waals surface area contributed by atoms with E-state index in [4.69, 9.17) is 4.74 Å². The summed E-state index contributed by atoms with van der Waals surface area (Å²) in [5.74, 6) is -0.574. The molecule has 3 heterocycles. The van der Waals surface area contributed by atoms with E-state index in [1.807, 2.05) is 0 Å². The lowest BCUT2D eigenvalue weighted by atomic mass is 10.1. The Labute approximate surface area is 132 Å². The Morgan fingerprint density at radius 2 is 2.00 bits per heavy atom. The van der Waals surface area contributed by atoms with Gasteiger partial charge in [-0.15, -0.1) is 0 Å². The van der Waals surface area contributed by atoms with Crippen molar-refractivity contribution in [2.24, 2.45) is 0 Å². The highest BCUT2D eigenvalue weighted by Crippen LogP contribution is 2.32. The molecule has 3 rings (SSSR count). The monoisotopic (exact) mass is 329 g/mol. The van der Waals surface area contributed by atoms with Gasteiger partial charge in [-0.2, -0.15) is 13.2 Å². The summed E-state index contributed by atoms with van der Waals surface area (Å²) in [6.07, 6.45) is -1.87. The molecule has 1 aromatic rings. The number of ether oxygens (including phenoxy) is 1. The largest absolute Gasteiger partial charge is 0.418 e. The summed E-state index contributed by atoms with van der Waals surface area (Å²) >= 11 is 0. The van der Waals surface area contributed by atoms with Crippen molar-refractivity contribution in [1.82, 2.24) is 14.8 Å². The van der Waals surface area contributed by atoms with Crippen molar-refractivity contribution in [2.75, 3.05) is 39.4 Å². The predicted octanol–water partition coefficient (Wildman–Crippen LogP) is 1.65. The van der Waals surface area contributed by atoms with E-state index in [2.05, 4.69) is 9.88 Å². The zero-order valence-electron chi connectivity index (χ0n) is 12.6. The van der Waals surface area contributed by atoms with E-state index >= 15 is 0 Å². The van der Waals surface area contributed by atoms with Crippen LogP contribution in [0.5, 0.6) is 0 Å². The first-order valence-corrected chi connectivity index (χ1v) is 7.59. The van der Waals surface area contributed by atoms with Crippen LogP contribution in [0.2, 0.25) is 0 Å². The average molecular weight is 329 g/mol. The maximum absolute atomic E-state index is 13.0. The molecular formula is C15H18F3N3O2. The fourth-order valence-electron chi connectivity index (χ4n) is 3.14. The highest BCUT2D eigenvalue weighted by molar-refractivity contribution is 5.96. The van der Waals surface area contributed by atoms with E-state index in [0.717, 1.165) is 25.6 Å². The van der Waals surface area contributed by atoms with Crippen LogP contribution in [0.3, 0.4) is 0 Å². The third-order valence-corrected chi connectivity index (χ3v) is 4.37. The van der Waals surface area contributed by atoms with Crippen LogP contribution >= 0.6 is 0 Å². The molecule has 2 saturated heterocycles. The van der Waals surface area contributed by atoms with E-state index < -0.39 is 17.6 Å². The molecule has 2 aliphatic rings. The van der Waals surface area contributed by atoms with Crippen LogP contribution in [0.25, 0.3) is 0 Å². The first-order valence-electron chi connectivity index (χ1n) is 7.59. The van der Waals surface area contributed by atoms with Gasteiger partial charge in [0.05, 0.1) is 24.3 Å². The molecule has 0 aliphatic carbocycles. The number of aromatic nitrogens is 1. The Morgan fingerprint density at radius 3 is 2.70 bits per heavy atom. The Bertz CT molecular complexity index is 573. The standard InChI is InChI=1S/C15H18F3N3O2/c16-15(17,18)13-9-19-3-1-12(13)14(22)21-4-2-11(10-21)20-5-7-23-8-6-20/h1,3,9,11H,2,4-8,10H2. The summed E-state index contributed by atoms with van der Waals surface area (Å²) in [5, 5.41) is 0. The molecule has 0 aromatic carbocycles. The van der Waals surface area contributed by atoms with Gasteiger partial charge in [0.1, 0.15) is 0 Å². The van der Waals surface area contributed by atoms with Crippen LogP contribution < -0.4 is 0 Å². The van der Waals surface area contributed by atoms with Crippen LogP contribution in [-0.2, 0) is 10.9 Å². The normalized spacial score (nSPS) is 23.3. The number of pyridine rings is 1. The number of nitrogens with zero attached hydrogens (tertiary/aromatic N) is 3. The maximum atomic E-state index is 13.0. The molecule has 0 saturated carbocycles. The van der Waals surface area contributed by atoms with Gasteiger partial charge in [-0.05, 0) is 12.5 Å². The van der Waals surface area contributed by atoms with Crippen molar-refractivity contribution >= 4 is 5.91 Å². The summed E-state index contributed by atoms with van der Waals surface area (Å²) < 4.78 is 44.4. The smallest absolute Gasteiger partial charge is 0.379 e. The Morgan fingerprint density at radius 1 is 1.26 bits per heavy atom. The number of morpholine rings is 1. The van der Waals surface area contributed by atoms with Gasteiger partial charge in [-0.25, -0.2) is 0 Å². The van der Waals surface area contributed by atoms with Crippen molar-refractivity contribution in [3.63, 3.8) is 0 Å². The molecular weight excluding hydrogens is 311 g/mol. The average Bonchev–Trinajstić information content (AvgIpc) is 3.04. The number of alkyl halides is 3. The summed E-state index contributed by atoms with van der Waals surface area (Å²) in [4.78, 5) is 19.7. The van der Waals surface area contributed by atoms with Crippen LogP contribution in [0.4, 0.5) is 13.2 Å². The lowest BCUT2D eigenvalue weighted by Crippen LogP contribution is -2.45. The number of carbonyl (C=O) groups is 1. The van der Waals surface area contributed by atoms with Crippen LogP contribution in [0.15, 0.2) is 18.5 Å². The minimum absolute atomic E-state index is 0.194. The quantitative estimate of drug-likeness (QED) is 0.828. The molecule has 126 valence electrons. The van der Waals surface area contributed by atoms with E-state index in [9.17, 15) is 18.0 Å². The van der Waals surface area contributed by atoms with Gasteiger partial charge >= 0.3 is 6.18 Å². The molecule has 0 N–H and O–H groups in total. The maximum Gasteiger partial charge on any atom is 0.418 e. The van der Waals surface area contributed by atoms with E-state index in [1.54, 1.807) is 0 Å². The van der Waals surface area contributed by atoms with Crippen molar-refractivity contribution in [1.29, 1.82) is 0 Å². The summed E-state index contributed by atoms with van der Waals surface area (Å²) in [6, 6.07) is 1.34. The first kappa shape index (κ1) is 16.2. The van der Waals surface area contributed by atoms with Crippen LogP contribution in [0, 0.1) is 0 Å². The topological polar surface area (TPSA) is 45.7 Å². The van der Waals surface area contributed by atoms with Gasteiger partial charge in [-0.3, -0.25) is 14.7 Å². The number of rotatable bonds is 2. The van der Waals surface area contributed by atoms with Gasteiger partial charge in [0, 0.05) is 44.6 Å². The Hall–Kier alpha value is -1.67. The second-order valence-electron chi connectivity index (χ2n) is 5.76. The predicted molar refractivity (Wildman–Crippen MR) is 75.9 cm³/mol. The van der Waals surface area contributed by atoms with Gasteiger partial charge in [-0.1, -0.05) is 0 Å². The molecule has 8 heteroatoms. The number of hydrogen-bond donors (Lipinski definition) is 0. The zero-order valence-corrected chi connectivity index (χ0v) is 12.6. The molecule has 0 spiro atoms. The molecule has 1 unspecified atom stereocenters. The minimum atomic E-state index is -4.58. The number of hydrogen-bond acceptors (Lipinski definition) is 4. The fraction of sp³-hybridized carbons (Fsp3) is 0.600. The number of likely N-dealkylation sites (tertiary alicyclic amines) is 1. The SMILES string of the molecule is O=C(c1ccncc1C(F)(F)F)N1CCC(N2CCOCC2)C1.